The van der Waals surface area contributed by atoms with E-state index in [4.69, 9.17) is 4.74 Å². The molecule has 0 spiro atoms. The van der Waals surface area contributed by atoms with Crippen molar-refractivity contribution >= 4 is 0 Å². The molecule has 18 heavy (non-hydrogen) atoms. The Hall–Kier alpha value is -1.09. The van der Waals surface area contributed by atoms with Crippen molar-refractivity contribution < 1.29 is 4.74 Å². The molecule has 1 heterocycles. The summed E-state index contributed by atoms with van der Waals surface area (Å²) < 4.78 is 5.15. The first-order valence-corrected chi connectivity index (χ1v) is 7.05. The lowest BCUT2D eigenvalue weighted by Gasteiger charge is -2.31. The van der Waals surface area contributed by atoms with Gasteiger partial charge in [-0.3, -0.25) is 0 Å². The zero-order valence-electron chi connectivity index (χ0n) is 11.5. The highest BCUT2D eigenvalue weighted by Crippen LogP contribution is 2.27. The molecule has 1 aromatic heterocycles. The molecule has 1 aliphatic carbocycles. The van der Waals surface area contributed by atoms with Gasteiger partial charge in [-0.15, -0.1) is 0 Å². The summed E-state index contributed by atoms with van der Waals surface area (Å²) in [5, 5.41) is 3.71. The molecule has 1 fully saturated rings. The second kappa shape index (κ2) is 6.74. The molecule has 100 valence electrons. The van der Waals surface area contributed by atoms with Gasteiger partial charge in [0.1, 0.15) is 0 Å². The van der Waals surface area contributed by atoms with Crippen molar-refractivity contribution in [3.05, 3.63) is 23.9 Å². The molecule has 0 aromatic carbocycles. The van der Waals surface area contributed by atoms with E-state index in [0.29, 0.717) is 11.9 Å². The van der Waals surface area contributed by atoms with Crippen molar-refractivity contribution in [2.45, 2.75) is 51.6 Å². The van der Waals surface area contributed by atoms with Crippen LogP contribution >= 0.6 is 0 Å². The quantitative estimate of drug-likeness (QED) is 0.869. The Morgan fingerprint density at radius 2 is 2.22 bits per heavy atom. The van der Waals surface area contributed by atoms with Gasteiger partial charge in [0.05, 0.1) is 7.11 Å². The van der Waals surface area contributed by atoms with Crippen LogP contribution in [0.15, 0.2) is 18.3 Å². The summed E-state index contributed by atoms with van der Waals surface area (Å²) in [6.45, 7) is 3.22. The largest absolute Gasteiger partial charge is 0.481 e. The van der Waals surface area contributed by atoms with Crippen LogP contribution in [0.4, 0.5) is 0 Å². The van der Waals surface area contributed by atoms with Gasteiger partial charge in [0.2, 0.25) is 5.88 Å². The van der Waals surface area contributed by atoms with Crippen molar-refractivity contribution in [3.63, 3.8) is 0 Å². The molecule has 3 nitrogen and oxygen atoms in total. The fourth-order valence-corrected chi connectivity index (χ4v) is 2.89. The highest BCUT2D eigenvalue weighted by molar-refractivity contribution is 5.20. The van der Waals surface area contributed by atoms with Crippen molar-refractivity contribution in [2.24, 2.45) is 5.92 Å². The van der Waals surface area contributed by atoms with Gasteiger partial charge in [-0.1, -0.05) is 26.2 Å². The number of rotatable bonds is 5. The van der Waals surface area contributed by atoms with E-state index in [1.807, 2.05) is 12.3 Å². The van der Waals surface area contributed by atoms with Crippen molar-refractivity contribution in [2.75, 3.05) is 7.11 Å². The molecule has 2 rings (SSSR count). The third-order valence-electron chi connectivity index (χ3n) is 4.01. The van der Waals surface area contributed by atoms with Gasteiger partial charge in [-0.2, -0.15) is 0 Å². The zero-order valence-corrected chi connectivity index (χ0v) is 11.5. The van der Waals surface area contributed by atoms with Crippen LogP contribution in [0.1, 0.15) is 44.6 Å². The Balaban J connectivity index is 1.89. The Labute approximate surface area is 110 Å². The predicted molar refractivity (Wildman–Crippen MR) is 73.7 cm³/mol. The lowest BCUT2D eigenvalue weighted by molar-refractivity contribution is 0.254. The monoisotopic (exact) mass is 248 g/mol. The van der Waals surface area contributed by atoms with Crippen LogP contribution in [0.3, 0.4) is 0 Å². The van der Waals surface area contributed by atoms with Crippen LogP contribution in [-0.2, 0) is 6.54 Å². The minimum absolute atomic E-state index is 0.683. The molecule has 0 radical (unpaired) electrons. The highest BCUT2D eigenvalue weighted by Gasteiger charge is 2.22. The van der Waals surface area contributed by atoms with Crippen molar-refractivity contribution in [1.82, 2.24) is 10.3 Å². The Morgan fingerprint density at radius 3 is 3.00 bits per heavy atom. The maximum absolute atomic E-state index is 5.15. The molecule has 1 aliphatic rings. The number of aromatic nitrogens is 1. The van der Waals surface area contributed by atoms with E-state index in [1.165, 1.54) is 37.7 Å². The number of hydrogen-bond donors (Lipinski definition) is 1. The second-order valence-electron chi connectivity index (χ2n) is 5.15. The number of ether oxygens (including phenoxy) is 1. The summed E-state index contributed by atoms with van der Waals surface area (Å²) >= 11 is 0. The standard InChI is InChI=1S/C15H24N2O/c1-3-13-6-4-5-7-14(13)17-11-12-8-9-16-15(10-12)18-2/h8-10,13-14,17H,3-7,11H2,1-2H3. The maximum atomic E-state index is 5.15. The molecule has 1 aromatic rings. The maximum Gasteiger partial charge on any atom is 0.213 e. The normalized spacial score (nSPS) is 23.9. The van der Waals surface area contributed by atoms with E-state index in [9.17, 15) is 0 Å². The van der Waals surface area contributed by atoms with Crippen LogP contribution in [0.25, 0.3) is 0 Å². The molecule has 2 unspecified atom stereocenters. The van der Waals surface area contributed by atoms with Gasteiger partial charge in [0, 0.05) is 24.8 Å². The molecule has 3 heteroatoms. The predicted octanol–water partition coefficient (Wildman–Crippen LogP) is 3.15. The second-order valence-corrected chi connectivity index (χ2v) is 5.15. The van der Waals surface area contributed by atoms with Gasteiger partial charge in [0.25, 0.3) is 0 Å². The zero-order chi connectivity index (χ0) is 12.8. The summed E-state index contributed by atoms with van der Waals surface area (Å²) in [6, 6.07) is 4.75. The summed E-state index contributed by atoms with van der Waals surface area (Å²) in [6.07, 6.45) is 8.58. The average Bonchev–Trinajstić information content (AvgIpc) is 2.45. The topological polar surface area (TPSA) is 34.2 Å². The first-order valence-electron chi connectivity index (χ1n) is 7.05. The third-order valence-corrected chi connectivity index (χ3v) is 4.01. The minimum atomic E-state index is 0.683. The Kier molecular flexibility index (Phi) is 5.00. The van der Waals surface area contributed by atoms with Crippen LogP contribution < -0.4 is 10.1 Å². The summed E-state index contributed by atoms with van der Waals surface area (Å²) in [5.74, 6) is 1.55. The van der Waals surface area contributed by atoms with Crippen LogP contribution in [0.2, 0.25) is 0 Å². The minimum Gasteiger partial charge on any atom is -0.481 e. The van der Waals surface area contributed by atoms with Crippen LogP contribution in [0, 0.1) is 5.92 Å². The molecule has 1 N–H and O–H groups in total. The lowest BCUT2D eigenvalue weighted by atomic mass is 9.83. The number of nitrogens with zero attached hydrogens (tertiary/aromatic N) is 1. The highest BCUT2D eigenvalue weighted by atomic mass is 16.5. The van der Waals surface area contributed by atoms with Gasteiger partial charge in [0.15, 0.2) is 0 Å². The Bertz CT molecular complexity index is 367. The molecular weight excluding hydrogens is 224 g/mol. The van der Waals surface area contributed by atoms with Gasteiger partial charge in [-0.25, -0.2) is 4.98 Å². The number of hydrogen-bond acceptors (Lipinski definition) is 3. The summed E-state index contributed by atoms with van der Waals surface area (Å²) in [4.78, 5) is 4.13. The van der Waals surface area contributed by atoms with E-state index in [-0.39, 0.29) is 0 Å². The van der Waals surface area contributed by atoms with Crippen LogP contribution in [0.5, 0.6) is 5.88 Å². The lowest BCUT2D eigenvalue weighted by Crippen LogP contribution is -2.37. The number of pyridine rings is 1. The van der Waals surface area contributed by atoms with Gasteiger partial charge >= 0.3 is 0 Å². The Morgan fingerprint density at radius 1 is 1.39 bits per heavy atom. The molecule has 0 saturated heterocycles. The van der Waals surface area contributed by atoms with E-state index in [0.717, 1.165) is 12.5 Å². The first kappa shape index (κ1) is 13.3. The average molecular weight is 248 g/mol. The number of methoxy groups -OCH3 is 1. The van der Waals surface area contributed by atoms with E-state index in [1.54, 1.807) is 7.11 Å². The smallest absolute Gasteiger partial charge is 0.213 e. The molecule has 0 amide bonds. The SMILES string of the molecule is CCC1CCCCC1NCc1ccnc(OC)c1. The van der Waals surface area contributed by atoms with E-state index >= 15 is 0 Å². The fourth-order valence-electron chi connectivity index (χ4n) is 2.89. The molecule has 2 atom stereocenters. The van der Waals surface area contributed by atoms with Gasteiger partial charge < -0.3 is 10.1 Å². The van der Waals surface area contributed by atoms with Gasteiger partial charge in [-0.05, 0) is 30.4 Å². The molecule has 0 aliphatic heterocycles. The summed E-state index contributed by atoms with van der Waals surface area (Å²) in [5.41, 5.74) is 1.25. The first-order chi connectivity index (χ1) is 8.83. The fraction of sp³-hybridized carbons (Fsp3) is 0.667. The molecular formula is C15H24N2O. The molecule has 0 bridgehead atoms. The van der Waals surface area contributed by atoms with Crippen molar-refractivity contribution in [1.29, 1.82) is 0 Å². The van der Waals surface area contributed by atoms with E-state index in [2.05, 4.69) is 23.3 Å². The van der Waals surface area contributed by atoms with Crippen LogP contribution in [-0.4, -0.2) is 18.1 Å². The molecule has 1 saturated carbocycles. The van der Waals surface area contributed by atoms with Crippen molar-refractivity contribution in [3.8, 4) is 5.88 Å². The number of nitrogens with one attached hydrogen (secondary N) is 1. The van der Waals surface area contributed by atoms with E-state index < -0.39 is 0 Å². The summed E-state index contributed by atoms with van der Waals surface area (Å²) in [7, 11) is 1.66. The third kappa shape index (κ3) is 3.45.